The number of ether oxygens (including phenoxy) is 1. The summed E-state index contributed by atoms with van der Waals surface area (Å²) in [5.41, 5.74) is 0.903. The van der Waals surface area contributed by atoms with Gasteiger partial charge in [0, 0.05) is 6.04 Å². The lowest BCUT2D eigenvalue weighted by Gasteiger charge is -2.33. The molecule has 1 aliphatic heterocycles. The Hall–Kier alpha value is -1.79. The Morgan fingerprint density at radius 2 is 2.20 bits per heavy atom. The van der Waals surface area contributed by atoms with Crippen molar-refractivity contribution >= 4 is 11.8 Å². The molecule has 4 N–H and O–H groups in total. The molecule has 1 fully saturated rings. The number of rotatable bonds is 7. The number of amides is 1. The second-order valence-electron chi connectivity index (χ2n) is 6.67. The van der Waals surface area contributed by atoms with Crippen LogP contribution in [0.3, 0.4) is 0 Å². The first-order valence-electron chi connectivity index (χ1n) is 9.23. The zero-order valence-electron chi connectivity index (χ0n) is 15.1. The van der Waals surface area contributed by atoms with Crippen LogP contribution in [0.15, 0.2) is 18.2 Å². The maximum absolute atomic E-state index is 11.6. The Bertz CT molecular complexity index is 556. The highest BCUT2D eigenvalue weighted by Gasteiger charge is 2.27. The van der Waals surface area contributed by atoms with Crippen LogP contribution in [0.5, 0.6) is 5.75 Å². The maximum Gasteiger partial charge on any atom is 0.411 e. The summed E-state index contributed by atoms with van der Waals surface area (Å²) in [7, 11) is 0. The molecule has 0 saturated carbocycles. The Morgan fingerprint density at radius 1 is 1.40 bits per heavy atom. The van der Waals surface area contributed by atoms with Gasteiger partial charge in [0.05, 0.1) is 18.4 Å². The third-order valence-electron chi connectivity index (χ3n) is 4.78. The third kappa shape index (κ3) is 5.61. The van der Waals surface area contributed by atoms with Gasteiger partial charge < -0.3 is 20.3 Å². The smallest absolute Gasteiger partial charge is 0.411 e. The van der Waals surface area contributed by atoms with Crippen molar-refractivity contribution in [1.29, 1.82) is 0 Å². The van der Waals surface area contributed by atoms with E-state index in [0.29, 0.717) is 11.5 Å². The van der Waals surface area contributed by atoms with Crippen molar-refractivity contribution in [2.45, 2.75) is 58.1 Å². The minimum Gasteiger partial charge on any atom is -0.506 e. The maximum atomic E-state index is 11.6. The summed E-state index contributed by atoms with van der Waals surface area (Å²) in [5, 5.41) is 26.5. The van der Waals surface area contributed by atoms with Crippen molar-refractivity contribution in [2.75, 3.05) is 18.5 Å². The number of aromatic hydroxyl groups is 1. The quantitative estimate of drug-likeness (QED) is 0.565. The van der Waals surface area contributed by atoms with E-state index in [4.69, 9.17) is 4.74 Å². The summed E-state index contributed by atoms with van der Waals surface area (Å²) in [4.78, 5) is 11.6. The van der Waals surface area contributed by atoms with Crippen LogP contribution in [0.4, 0.5) is 10.5 Å². The average molecular weight is 350 g/mol. The van der Waals surface area contributed by atoms with Crippen molar-refractivity contribution in [3.8, 4) is 5.75 Å². The number of hydrogen-bond donors (Lipinski definition) is 4. The molecule has 0 spiro atoms. The molecule has 1 aromatic carbocycles. The molecule has 6 heteroatoms. The predicted molar refractivity (Wildman–Crippen MR) is 97.8 cm³/mol. The molecule has 0 radical (unpaired) electrons. The van der Waals surface area contributed by atoms with Crippen molar-refractivity contribution in [3.63, 3.8) is 0 Å². The van der Waals surface area contributed by atoms with E-state index in [1.807, 2.05) is 0 Å². The van der Waals surface area contributed by atoms with E-state index < -0.39 is 12.2 Å². The number of unbranched alkanes of at least 4 members (excludes halogenated alkanes) is 1. The zero-order valence-corrected chi connectivity index (χ0v) is 15.1. The normalized spacial score (nSPS) is 21.6. The Balaban J connectivity index is 1.97. The lowest BCUT2D eigenvalue weighted by molar-refractivity contribution is 0.102. The molecule has 25 heavy (non-hydrogen) atoms. The van der Waals surface area contributed by atoms with Gasteiger partial charge in [0.2, 0.25) is 0 Å². The highest BCUT2D eigenvalue weighted by atomic mass is 16.5. The predicted octanol–water partition coefficient (Wildman–Crippen LogP) is 3.55. The molecule has 0 aliphatic carbocycles. The van der Waals surface area contributed by atoms with Crippen molar-refractivity contribution < 1.29 is 19.7 Å². The van der Waals surface area contributed by atoms with Crippen LogP contribution in [0, 0.1) is 5.92 Å². The number of carbonyl (C=O) groups excluding carboxylic acids is 1. The lowest BCUT2D eigenvalue weighted by atomic mass is 9.87. The van der Waals surface area contributed by atoms with Crippen molar-refractivity contribution in [1.82, 2.24) is 5.32 Å². The molecule has 1 amide bonds. The third-order valence-corrected chi connectivity index (χ3v) is 4.78. The van der Waals surface area contributed by atoms with E-state index in [1.54, 1.807) is 19.1 Å². The van der Waals surface area contributed by atoms with Gasteiger partial charge in [-0.15, -0.1) is 0 Å². The second-order valence-corrected chi connectivity index (χ2v) is 6.67. The first kappa shape index (κ1) is 19.5. The molecule has 0 bridgehead atoms. The molecule has 3 atom stereocenters. The van der Waals surface area contributed by atoms with Gasteiger partial charge in [-0.05, 0) is 56.3 Å². The topological polar surface area (TPSA) is 90.8 Å². The zero-order chi connectivity index (χ0) is 18.2. The van der Waals surface area contributed by atoms with E-state index in [2.05, 4.69) is 17.6 Å². The summed E-state index contributed by atoms with van der Waals surface area (Å²) in [6.45, 7) is 5.09. The Kier molecular flexibility index (Phi) is 7.52. The van der Waals surface area contributed by atoms with Crippen LogP contribution in [0.1, 0.15) is 57.6 Å². The fraction of sp³-hybridized carbons (Fsp3) is 0.632. The molecule has 3 unspecified atom stereocenters. The minimum atomic E-state index is -0.685. The lowest BCUT2D eigenvalue weighted by Crippen LogP contribution is -2.42. The van der Waals surface area contributed by atoms with Gasteiger partial charge in [0.15, 0.2) is 0 Å². The van der Waals surface area contributed by atoms with Gasteiger partial charge in [-0.1, -0.05) is 25.8 Å². The molecule has 1 aliphatic rings. The standard InChI is InChI=1S/C19H30N2O4/c1-3-5-6-13-7-9-15(20-12-13)18(23)14-8-10-17(22)16(11-14)21-19(24)25-4-2/h8,10-11,13,15,18,20,22-23H,3-7,9,12H2,1-2H3,(H,21,24). The molecule has 1 saturated heterocycles. The number of phenolic OH excluding ortho intramolecular Hbond substituents is 1. The fourth-order valence-corrected chi connectivity index (χ4v) is 3.29. The minimum absolute atomic E-state index is 0.0159. The van der Waals surface area contributed by atoms with Crippen LogP contribution >= 0.6 is 0 Å². The van der Waals surface area contributed by atoms with Crippen LogP contribution in [-0.4, -0.2) is 35.5 Å². The monoisotopic (exact) mass is 350 g/mol. The number of anilines is 1. The summed E-state index contributed by atoms with van der Waals surface area (Å²) in [6, 6.07) is 4.74. The van der Waals surface area contributed by atoms with E-state index in [9.17, 15) is 15.0 Å². The SMILES string of the molecule is CCCCC1CCC(C(O)c2ccc(O)c(NC(=O)OCC)c2)NC1. The van der Waals surface area contributed by atoms with Gasteiger partial charge in [0.25, 0.3) is 0 Å². The number of aliphatic hydroxyl groups excluding tert-OH is 1. The van der Waals surface area contributed by atoms with E-state index in [1.165, 1.54) is 25.3 Å². The number of benzene rings is 1. The number of hydrogen-bond acceptors (Lipinski definition) is 5. The Labute approximate surface area is 149 Å². The largest absolute Gasteiger partial charge is 0.506 e. The number of piperidine rings is 1. The van der Waals surface area contributed by atoms with Crippen molar-refractivity contribution in [3.05, 3.63) is 23.8 Å². The number of carbonyl (C=O) groups is 1. The molecule has 2 rings (SSSR count). The van der Waals surface area contributed by atoms with Gasteiger partial charge >= 0.3 is 6.09 Å². The van der Waals surface area contributed by atoms with E-state index >= 15 is 0 Å². The van der Waals surface area contributed by atoms with Crippen LogP contribution < -0.4 is 10.6 Å². The van der Waals surface area contributed by atoms with E-state index in [0.717, 1.165) is 19.4 Å². The molecule has 1 aromatic rings. The molecular weight excluding hydrogens is 320 g/mol. The Morgan fingerprint density at radius 3 is 2.84 bits per heavy atom. The highest BCUT2D eigenvalue weighted by Crippen LogP contribution is 2.31. The number of phenols is 1. The molecule has 140 valence electrons. The van der Waals surface area contributed by atoms with Crippen molar-refractivity contribution in [2.24, 2.45) is 5.92 Å². The molecular formula is C19H30N2O4. The number of nitrogens with one attached hydrogen (secondary N) is 2. The first-order valence-corrected chi connectivity index (χ1v) is 9.23. The number of aliphatic hydroxyl groups is 1. The average Bonchev–Trinajstić information content (AvgIpc) is 2.62. The van der Waals surface area contributed by atoms with Crippen LogP contribution in [0.25, 0.3) is 0 Å². The van der Waals surface area contributed by atoms with Gasteiger partial charge in [-0.25, -0.2) is 4.79 Å². The van der Waals surface area contributed by atoms with Gasteiger partial charge in [0.1, 0.15) is 5.75 Å². The van der Waals surface area contributed by atoms with Crippen LogP contribution in [0.2, 0.25) is 0 Å². The molecule has 0 aromatic heterocycles. The summed E-state index contributed by atoms with van der Waals surface area (Å²) in [6.07, 6.45) is 4.42. The van der Waals surface area contributed by atoms with Gasteiger partial charge in [-0.3, -0.25) is 5.32 Å². The summed E-state index contributed by atoms with van der Waals surface area (Å²) in [5.74, 6) is 0.629. The second kappa shape index (κ2) is 9.63. The van der Waals surface area contributed by atoms with E-state index in [-0.39, 0.29) is 24.1 Å². The molecule has 1 heterocycles. The highest BCUT2D eigenvalue weighted by molar-refractivity contribution is 5.86. The first-order chi connectivity index (χ1) is 12.0. The fourth-order valence-electron chi connectivity index (χ4n) is 3.29. The summed E-state index contributed by atoms with van der Waals surface area (Å²) < 4.78 is 4.83. The van der Waals surface area contributed by atoms with Gasteiger partial charge in [-0.2, -0.15) is 0 Å². The summed E-state index contributed by atoms with van der Waals surface area (Å²) >= 11 is 0. The van der Waals surface area contributed by atoms with Crippen LogP contribution in [-0.2, 0) is 4.74 Å². The molecule has 6 nitrogen and oxygen atoms in total.